The highest BCUT2D eigenvalue weighted by Gasteiger charge is 2.26. The fraction of sp³-hybridized carbons (Fsp3) is 0.228. The minimum atomic E-state index is -0.217. The summed E-state index contributed by atoms with van der Waals surface area (Å²) in [6.45, 7) is 27.0. The molecule has 8 aromatic carbocycles. The van der Waals surface area contributed by atoms with E-state index in [4.69, 9.17) is 15.0 Å². The highest BCUT2D eigenvalue weighted by molar-refractivity contribution is 5.96. The number of nitrogens with zero attached hydrogens (tertiary/aromatic N) is 5. The molecule has 510 valence electrons. The summed E-state index contributed by atoms with van der Waals surface area (Å²) in [5.74, 6) is 2.22. The molecule has 0 amide bonds. The molecule has 9 heteroatoms. The quantitative estimate of drug-likeness (QED) is 0.0654. The van der Waals surface area contributed by atoms with E-state index in [1.165, 1.54) is 67.6 Å². The van der Waals surface area contributed by atoms with Gasteiger partial charge in [-0.25, -0.2) is 4.39 Å². The van der Waals surface area contributed by atoms with Crippen molar-refractivity contribution in [2.24, 2.45) is 0 Å². The third-order valence-corrected chi connectivity index (χ3v) is 18.7. The lowest BCUT2D eigenvalue weighted by molar-refractivity contribution is 0.640. The van der Waals surface area contributed by atoms with Crippen molar-refractivity contribution in [3.63, 3.8) is 0 Å². The molecule has 0 saturated heterocycles. The van der Waals surface area contributed by atoms with Crippen molar-refractivity contribution >= 4 is 27.8 Å². The lowest BCUT2D eigenvalue weighted by Gasteiger charge is -2.27. The molecule has 5 aromatic heterocycles. The van der Waals surface area contributed by atoms with Gasteiger partial charge in [0.15, 0.2) is 0 Å². The molecule has 13 rings (SSSR count). The van der Waals surface area contributed by atoms with E-state index < -0.39 is 0 Å². The second-order valence-corrected chi connectivity index (χ2v) is 27.8. The Kier molecular flexibility index (Phi) is 23.9. The number of para-hydroxylation sites is 3. The smallest absolute Gasteiger partial charge is 0.131 e. The van der Waals surface area contributed by atoms with Gasteiger partial charge in [-0.2, -0.15) is 0 Å². The van der Waals surface area contributed by atoms with Crippen LogP contribution in [0.1, 0.15) is 204 Å². The molecule has 13 aromatic rings. The zero-order valence-electron chi connectivity index (χ0n) is 60.4. The van der Waals surface area contributed by atoms with Crippen molar-refractivity contribution in [1.82, 2.24) is 24.9 Å². The fourth-order valence-corrected chi connectivity index (χ4v) is 13.3. The number of nitrogens with one attached hydrogen (secondary N) is 3. The zero-order chi connectivity index (χ0) is 70.9. The van der Waals surface area contributed by atoms with Gasteiger partial charge in [-0.1, -0.05) is 271 Å². The monoisotopic (exact) mass is 1330 g/mol. The van der Waals surface area contributed by atoms with Gasteiger partial charge in [0.25, 0.3) is 0 Å². The van der Waals surface area contributed by atoms with Gasteiger partial charge in [-0.15, -0.1) is 0 Å². The first kappa shape index (κ1) is 71.4. The van der Waals surface area contributed by atoms with E-state index >= 15 is 0 Å². The third kappa shape index (κ3) is 17.4. The van der Waals surface area contributed by atoms with Crippen molar-refractivity contribution in [3.05, 3.63) is 359 Å². The molecular formula is C92H95FN8. The Morgan fingerprint density at radius 1 is 0.267 bits per heavy atom. The van der Waals surface area contributed by atoms with Crippen LogP contribution >= 0.6 is 0 Å². The van der Waals surface area contributed by atoms with Crippen LogP contribution in [0.15, 0.2) is 286 Å². The summed E-state index contributed by atoms with van der Waals surface area (Å²) in [5.41, 5.74) is 23.7. The first-order chi connectivity index (χ1) is 49.0. The Balaban J connectivity index is 0.000000153. The Morgan fingerprint density at radius 3 is 0.970 bits per heavy atom. The zero-order valence-corrected chi connectivity index (χ0v) is 60.4. The van der Waals surface area contributed by atoms with Crippen molar-refractivity contribution in [1.29, 1.82) is 0 Å². The number of hydrogen-bond acceptors (Lipinski definition) is 8. The molecule has 0 radical (unpaired) electrons. The first-order valence-electron chi connectivity index (χ1n) is 35.7. The molecule has 0 aliphatic heterocycles. The summed E-state index contributed by atoms with van der Waals surface area (Å²) < 4.78 is 14.5. The largest absolute Gasteiger partial charge is 0.372 e. The molecule has 5 heterocycles. The summed E-state index contributed by atoms with van der Waals surface area (Å²) in [7, 11) is 0. The van der Waals surface area contributed by atoms with Crippen molar-refractivity contribution in [3.8, 4) is 33.8 Å². The van der Waals surface area contributed by atoms with E-state index in [2.05, 4.69) is 291 Å². The molecule has 0 aliphatic carbocycles. The van der Waals surface area contributed by atoms with Crippen LogP contribution in [0.3, 0.4) is 0 Å². The number of hydrogen-bond donors (Lipinski definition) is 3. The van der Waals surface area contributed by atoms with Crippen LogP contribution < -0.4 is 16.0 Å². The van der Waals surface area contributed by atoms with E-state index in [1.54, 1.807) is 6.20 Å². The molecule has 3 atom stereocenters. The van der Waals surface area contributed by atoms with Gasteiger partial charge in [-0.05, 0) is 164 Å². The lowest BCUT2D eigenvalue weighted by atomic mass is 9.91. The predicted octanol–water partition coefficient (Wildman–Crippen LogP) is 24.7. The van der Waals surface area contributed by atoms with E-state index in [0.29, 0.717) is 40.9 Å². The van der Waals surface area contributed by atoms with Crippen molar-refractivity contribution in [2.75, 3.05) is 16.0 Å². The van der Waals surface area contributed by atoms with Crippen LogP contribution in [0.4, 0.5) is 21.5 Å². The van der Waals surface area contributed by atoms with Crippen LogP contribution in [0, 0.1) is 5.82 Å². The van der Waals surface area contributed by atoms with Crippen LogP contribution in [0.2, 0.25) is 0 Å². The first-order valence-corrected chi connectivity index (χ1v) is 35.7. The highest BCUT2D eigenvalue weighted by Crippen LogP contribution is 2.41. The molecule has 8 nitrogen and oxygen atoms in total. The maximum Gasteiger partial charge on any atom is 0.131 e. The average molecular weight is 1330 g/mol. The molecule has 3 N–H and O–H groups in total. The minimum Gasteiger partial charge on any atom is -0.372 e. The summed E-state index contributed by atoms with van der Waals surface area (Å²) in [4.78, 5) is 23.7. The van der Waals surface area contributed by atoms with E-state index in [1.807, 2.05) is 91.4 Å². The summed E-state index contributed by atoms with van der Waals surface area (Å²) in [5, 5.41) is 13.2. The number of aromatic nitrogens is 5. The molecule has 0 saturated carbocycles. The normalized spacial score (nSPS) is 12.2. The van der Waals surface area contributed by atoms with Crippen LogP contribution in [-0.4, -0.2) is 24.9 Å². The van der Waals surface area contributed by atoms with Gasteiger partial charge in [-0.3, -0.25) is 24.9 Å². The standard InChI is InChI=1S/C34H33FN2.2C29H31N3/c1-22(2)25-16-10-17-26(23(3)4)34(25)37-33(24-12-6-5-7-13-24)32-19-11-18-31(36-32)29-20-21-30(35)28-15-9-8-14-27(28)29;1-20(2)24-14-8-15-25(21(3)4)29(24)32-28(22-11-6-5-7-12-22)27-17-9-16-26(31-27)23-13-10-18-30-19-23;1-20(2)24-12-8-13-25(21(3)4)29(24)32-28(23-10-6-5-7-11-23)27-15-9-14-26(31-27)22-16-18-30-19-17-22/h5-23,33,37H,1-4H3;2*5-21,28,32H,1-4H3. The van der Waals surface area contributed by atoms with E-state index in [0.717, 1.165) is 61.8 Å². The minimum absolute atomic E-state index is 0.0598. The van der Waals surface area contributed by atoms with Crippen LogP contribution in [0.25, 0.3) is 44.5 Å². The fourth-order valence-electron chi connectivity index (χ4n) is 13.3. The van der Waals surface area contributed by atoms with Gasteiger partial charge in [0, 0.05) is 63.9 Å². The summed E-state index contributed by atoms with van der Waals surface area (Å²) in [6, 6.07) is 88.8. The van der Waals surface area contributed by atoms with Crippen LogP contribution in [0.5, 0.6) is 0 Å². The van der Waals surface area contributed by atoms with Gasteiger partial charge in [0.1, 0.15) is 5.82 Å². The molecule has 101 heavy (non-hydrogen) atoms. The SMILES string of the molecule is CC(C)c1cccc(C(C)C)c1NC(c1ccccc1)c1cccc(-c2ccc(F)c3ccccc23)n1.CC(C)c1cccc(C(C)C)c1NC(c1ccccc1)c1cccc(-c2cccnc2)n1.CC(C)c1cccc(C(C)C)c1NC(c1ccccc1)c1cccc(-c2ccncc2)n1. The van der Waals surface area contributed by atoms with E-state index in [9.17, 15) is 4.39 Å². The Hall–Kier alpha value is -10.9. The molecule has 0 aliphatic rings. The summed E-state index contributed by atoms with van der Waals surface area (Å²) >= 11 is 0. The van der Waals surface area contributed by atoms with Gasteiger partial charge < -0.3 is 16.0 Å². The second kappa shape index (κ2) is 33.8. The second-order valence-electron chi connectivity index (χ2n) is 27.8. The molecule has 0 fully saturated rings. The van der Waals surface area contributed by atoms with Crippen molar-refractivity contribution < 1.29 is 4.39 Å². The summed E-state index contributed by atoms with van der Waals surface area (Å²) in [6.07, 6.45) is 7.27. The number of halogens is 1. The van der Waals surface area contributed by atoms with Gasteiger partial charge in [0.05, 0.1) is 52.3 Å². The number of fused-ring (bicyclic) bond motifs is 1. The Labute approximate surface area is 598 Å². The number of anilines is 3. The molecular weight excluding hydrogens is 1240 g/mol. The Bertz CT molecular complexity index is 4520. The number of rotatable bonds is 21. The van der Waals surface area contributed by atoms with E-state index in [-0.39, 0.29) is 23.9 Å². The average Bonchev–Trinajstić information content (AvgIpc) is 0.784. The predicted molar refractivity (Wildman–Crippen MR) is 422 cm³/mol. The molecule has 0 bridgehead atoms. The van der Waals surface area contributed by atoms with Gasteiger partial charge >= 0.3 is 0 Å². The van der Waals surface area contributed by atoms with Gasteiger partial charge in [0.2, 0.25) is 0 Å². The maximum absolute atomic E-state index is 14.5. The molecule has 0 spiro atoms. The maximum atomic E-state index is 14.5. The van der Waals surface area contributed by atoms with Crippen molar-refractivity contribution in [2.45, 2.75) is 137 Å². The molecule has 3 unspecified atom stereocenters. The third-order valence-electron chi connectivity index (χ3n) is 18.7. The number of benzene rings is 8. The Morgan fingerprint density at radius 2 is 0.604 bits per heavy atom. The van der Waals surface area contributed by atoms with Crippen LogP contribution in [-0.2, 0) is 0 Å². The number of pyridine rings is 5. The lowest BCUT2D eigenvalue weighted by Crippen LogP contribution is -2.17. The topological polar surface area (TPSA) is 101 Å². The highest BCUT2D eigenvalue weighted by atomic mass is 19.1.